The molecule has 0 aliphatic heterocycles. The molecule has 162 valence electrons. The summed E-state index contributed by atoms with van der Waals surface area (Å²) in [6, 6.07) is 4.95. The maximum absolute atomic E-state index is 12.8. The average molecular weight is 514 g/mol. The maximum atomic E-state index is 12.8. The number of halogens is 3. The van der Waals surface area contributed by atoms with Crippen LogP contribution in [0.15, 0.2) is 23.2 Å². The molecule has 1 rings (SSSR count). The van der Waals surface area contributed by atoms with Crippen LogP contribution in [0.25, 0.3) is 0 Å². The molecule has 1 aromatic rings. The average Bonchev–Trinajstić information content (AvgIpc) is 2.60. The first-order valence-corrected chi connectivity index (χ1v) is 9.02. The van der Waals surface area contributed by atoms with Gasteiger partial charge in [0, 0.05) is 37.3 Å². The summed E-state index contributed by atoms with van der Waals surface area (Å²) >= 11 is 0. The molecule has 28 heavy (non-hydrogen) atoms. The van der Waals surface area contributed by atoms with Crippen molar-refractivity contribution < 1.29 is 18.3 Å². The van der Waals surface area contributed by atoms with E-state index in [0.29, 0.717) is 30.4 Å². The number of nitrogens with zero attached hydrogens (tertiary/aromatic N) is 2. The number of likely N-dealkylation sites (N-methyl/N-ethyl adjacent to an activating group) is 1. The Hall–Kier alpha value is -1.36. The first-order valence-electron chi connectivity index (χ1n) is 9.02. The van der Waals surface area contributed by atoms with Crippen LogP contribution >= 0.6 is 24.0 Å². The Morgan fingerprint density at radius 1 is 1.25 bits per heavy atom. The Balaban J connectivity index is 0.00000729. The minimum Gasteiger partial charge on any atom is -0.493 e. The molecule has 0 unspecified atom stereocenters. The lowest BCUT2D eigenvalue weighted by Gasteiger charge is -2.33. The molecule has 0 radical (unpaired) electrons. The third-order valence-corrected chi connectivity index (χ3v) is 4.30. The van der Waals surface area contributed by atoms with Gasteiger partial charge < -0.3 is 25.0 Å². The molecule has 0 aliphatic carbocycles. The standard InChI is InChI=1S/C19H32F2N4O2.HI/c1-7-10-26-15-9-8-14(16(11-15)27-17(20)21)12-23-18(22-4)24-13-19(2,3)25(5)6;/h8-9,11,17H,7,10,12-13H2,1-6H3,(H2,22,23,24);1H. The second-order valence-corrected chi connectivity index (χ2v) is 6.98. The minimum absolute atomic E-state index is 0. The SMILES string of the molecule is CCCOc1ccc(CNC(=NC)NCC(C)(C)N(C)C)c(OC(F)F)c1.I. The van der Waals surface area contributed by atoms with E-state index in [0.717, 1.165) is 6.42 Å². The molecule has 0 saturated carbocycles. The third kappa shape index (κ3) is 9.22. The number of hydrogen-bond donors (Lipinski definition) is 2. The summed E-state index contributed by atoms with van der Waals surface area (Å²) in [5, 5.41) is 6.37. The van der Waals surface area contributed by atoms with Gasteiger partial charge in [0.25, 0.3) is 0 Å². The van der Waals surface area contributed by atoms with Gasteiger partial charge in [0.05, 0.1) is 6.61 Å². The monoisotopic (exact) mass is 514 g/mol. The topological polar surface area (TPSA) is 58.1 Å². The zero-order valence-corrected chi connectivity index (χ0v) is 19.8. The van der Waals surface area contributed by atoms with Crippen molar-refractivity contribution in [3.05, 3.63) is 23.8 Å². The van der Waals surface area contributed by atoms with Gasteiger partial charge in [-0.25, -0.2) is 0 Å². The number of rotatable bonds is 10. The van der Waals surface area contributed by atoms with Crippen molar-refractivity contribution >= 4 is 29.9 Å². The highest BCUT2D eigenvalue weighted by Crippen LogP contribution is 2.26. The summed E-state index contributed by atoms with van der Waals surface area (Å²) in [5.74, 6) is 1.18. The summed E-state index contributed by atoms with van der Waals surface area (Å²) in [6.45, 7) is 4.77. The minimum atomic E-state index is -2.90. The van der Waals surface area contributed by atoms with Crippen molar-refractivity contribution in [2.45, 2.75) is 45.9 Å². The lowest BCUT2D eigenvalue weighted by atomic mass is 10.0. The van der Waals surface area contributed by atoms with E-state index in [4.69, 9.17) is 4.74 Å². The quantitative estimate of drug-likeness (QED) is 0.284. The van der Waals surface area contributed by atoms with Crippen molar-refractivity contribution in [3.8, 4) is 11.5 Å². The highest BCUT2D eigenvalue weighted by atomic mass is 127. The van der Waals surface area contributed by atoms with Gasteiger partial charge in [0.15, 0.2) is 5.96 Å². The van der Waals surface area contributed by atoms with E-state index in [1.54, 1.807) is 19.2 Å². The first-order chi connectivity index (χ1) is 12.7. The first kappa shape index (κ1) is 26.6. The second-order valence-electron chi connectivity index (χ2n) is 6.98. The summed E-state index contributed by atoms with van der Waals surface area (Å²) in [5.41, 5.74) is 0.522. The van der Waals surface area contributed by atoms with Gasteiger partial charge in [-0.15, -0.1) is 24.0 Å². The highest BCUT2D eigenvalue weighted by molar-refractivity contribution is 14.0. The van der Waals surface area contributed by atoms with Gasteiger partial charge >= 0.3 is 6.61 Å². The lowest BCUT2D eigenvalue weighted by Crippen LogP contribution is -2.50. The van der Waals surface area contributed by atoms with Crippen LogP contribution in [0.3, 0.4) is 0 Å². The van der Waals surface area contributed by atoms with Crippen LogP contribution in [0.2, 0.25) is 0 Å². The lowest BCUT2D eigenvalue weighted by molar-refractivity contribution is -0.0505. The molecular weight excluding hydrogens is 481 g/mol. The fourth-order valence-electron chi connectivity index (χ4n) is 2.05. The molecule has 2 N–H and O–H groups in total. The normalized spacial score (nSPS) is 12.0. The zero-order chi connectivity index (χ0) is 20.4. The third-order valence-electron chi connectivity index (χ3n) is 4.30. The molecule has 0 fully saturated rings. The number of alkyl halides is 2. The van der Waals surface area contributed by atoms with Crippen molar-refractivity contribution in [2.24, 2.45) is 4.99 Å². The Morgan fingerprint density at radius 3 is 2.46 bits per heavy atom. The molecule has 9 heteroatoms. The van der Waals surface area contributed by atoms with Gasteiger partial charge in [-0.3, -0.25) is 4.99 Å². The van der Waals surface area contributed by atoms with Gasteiger partial charge in [0.2, 0.25) is 0 Å². The molecule has 6 nitrogen and oxygen atoms in total. The van der Waals surface area contributed by atoms with Crippen molar-refractivity contribution in [3.63, 3.8) is 0 Å². The van der Waals surface area contributed by atoms with Crippen LogP contribution in [0, 0.1) is 0 Å². The van der Waals surface area contributed by atoms with Crippen LogP contribution in [0.5, 0.6) is 11.5 Å². The van der Waals surface area contributed by atoms with E-state index in [2.05, 4.69) is 39.1 Å². The van der Waals surface area contributed by atoms with Crippen molar-refractivity contribution in [1.29, 1.82) is 0 Å². The number of guanidine groups is 1. The van der Waals surface area contributed by atoms with Crippen molar-refractivity contribution in [1.82, 2.24) is 15.5 Å². The second kappa shape index (κ2) is 13.0. The van der Waals surface area contributed by atoms with E-state index in [1.165, 1.54) is 6.07 Å². The van der Waals surface area contributed by atoms with Gasteiger partial charge in [-0.1, -0.05) is 6.92 Å². The fourth-order valence-corrected chi connectivity index (χ4v) is 2.05. The Morgan fingerprint density at radius 2 is 1.93 bits per heavy atom. The van der Waals surface area contributed by atoms with Crippen LogP contribution in [-0.4, -0.2) is 57.3 Å². The molecule has 0 aromatic heterocycles. The van der Waals surface area contributed by atoms with E-state index in [9.17, 15) is 8.78 Å². The molecule has 0 aliphatic rings. The molecule has 0 spiro atoms. The maximum Gasteiger partial charge on any atom is 0.387 e. The largest absolute Gasteiger partial charge is 0.493 e. The summed E-state index contributed by atoms with van der Waals surface area (Å²) in [7, 11) is 5.68. The van der Waals surface area contributed by atoms with Crippen LogP contribution < -0.4 is 20.1 Å². The molecule has 0 saturated heterocycles. The number of nitrogens with one attached hydrogen (secondary N) is 2. The molecule has 0 heterocycles. The van der Waals surface area contributed by atoms with E-state index in [-0.39, 0.29) is 41.8 Å². The predicted octanol–water partition coefficient (Wildman–Crippen LogP) is 3.70. The van der Waals surface area contributed by atoms with Gasteiger partial charge in [-0.05, 0) is 46.5 Å². The molecule has 1 aromatic carbocycles. The molecular formula is C19H33F2IN4O2. The van der Waals surface area contributed by atoms with E-state index < -0.39 is 6.61 Å². The summed E-state index contributed by atoms with van der Waals surface area (Å²) in [4.78, 5) is 6.28. The summed E-state index contributed by atoms with van der Waals surface area (Å²) < 4.78 is 35.7. The highest BCUT2D eigenvalue weighted by Gasteiger charge is 2.20. The van der Waals surface area contributed by atoms with E-state index in [1.807, 2.05) is 21.0 Å². The summed E-state index contributed by atoms with van der Waals surface area (Å²) in [6.07, 6.45) is 0.833. The zero-order valence-electron chi connectivity index (χ0n) is 17.5. The molecule has 0 amide bonds. The fraction of sp³-hybridized carbons (Fsp3) is 0.632. The number of hydrogen-bond acceptors (Lipinski definition) is 4. The number of aliphatic imine (C=N–C) groups is 1. The van der Waals surface area contributed by atoms with Gasteiger partial charge in [0.1, 0.15) is 11.5 Å². The van der Waals surface area contributed by atoms with Gasteiger partial charge in [-0.2, -0.15) is 8.78 Å². The predicted molar refractivity (Wildman–Crippen MR) is 120 cm³/mol. The van der Waals surface area contributed by atoms with Crippen molar-refractivity contribution in [2.75, 3.05) is 34.3 Å². The Bertz CT molecular complexity index is 614. The Kier molecular flexibility index (Phi) is 12.3. The van der Waals surface area contributed by atoms with Crippen LogP contribution in [0.1, 0.15) is 32.8 Å². The number of ether oxygens (including phenoxy) is 2. The molecule has 0 bridgehead atoms. The Labute approximate surface area is 184 Å². The number of benzene rings is 1. The van der Waals surface area contributed by atoms with E-state index >= 15 is 0 Å². The van der Waals surface area contributed by atoms with Crippen LogP contribution in [-0.2, 0) is 6.54 Å². The smallest absolute Gasteiger partial charge is 0.387 e. The van der Waals surface area contributed by atoms with Crippen LogP contribution in [0.4, 0.5) is 8.78 Å². The molecule has 0 atom stereocenters.